The maximum atomic E-state index is 12.5. The van der Waals surface area contributed by atoms with Gasteiger partial charge in [0.15, 0.2) is 5.76 Å². The van der Waals surface area contributed by atoms with E-state index in [1.807, 2.05) is 30.3 Å². The molecule has 1 aromatic heterocycles. The third-order valence-electron chi connectivity index (χ3n) is 4.69. The molecule has 2 N–H and O–H groups in total. The molecule has 3 aromatic rings. The van der Waals surface area contributed by atoms with Gasteiger partial charge in [-0.05, 0) is 25.5 Å². The summed E-state index contributed by atoms with van der Waals surface area (Å²) in [7, 11) is -3.95. The van der Waals surface area contributed by atoms with E-state index in [2.05, 4.69) is 10.5 Å². The first-order valence-electron chi connectivity index (χ1n) is 9.94. The van der Waals surface area contributed by atoms with Crippen LogP contribution in [0, 0.1) is 6.92 Å². The van der Waals surface area contributed by atoms with Gasteiger partial charge in [0.2, 0.25) is 0 Å². The minimum absolute atomic E-state index is 0.284. The predicted octanol–water partition coefficient (Wildman–Crippen LogP) is 5.73. The highest BCUT2D eigenvalue weighted by molar-refractivity contribution is 7.99. The van der Waals surface area contributed by atoms with Crippen molar-refractivity contribution in [2.45, 2.75) is 25.7 Å². The second kappa shape index (κ2) is 11.1. The average Bonchev–Trinajstić information content (AvgIpc) is 3.11. The Morgan fingerprint density at radius 3 is 2.61 bits per heavy atom. The Balaban J connectivity index is 1.64. The molecular formula is C22H23ClN2O6S2. The summed E-state index contributed by atoms with van der Waals surface area (Å²) >= 11 is 7.57. The van der Waals surface area contributed by atoms with Gasteiger partial charge in [-0.15, -0.1) is 0 Å². The molecule has 0 saturated carbocycles. The van der Waals surface area contributed by atoms with Crippen molar-refractivity contribution in [3.05, 3.63) is 70.4 Å². The number of aromatic nitrogens is 1. The summed E-state index contributed by atoms with van der Waals surface area (Å²) in [6, 6.07) is 14.5. The van der Waals surface area contributed by atoms with Crippen molar-refractivity contribution < 1.29 is 27.0 Å². The molecule has 0 spiro atoms. The molecule has 8 nitrogen and oxygen atoms in total. The molecule has 2 aromatic carbocycles. The van der Waals surface area contributed by atoms with Crippen molar-refractivity contribution in [2.24, 2.45) is 0 Å². The molecule has 1 heterocycles. The molecule has 0 radical (unpaired) electrons. The summed E-state index contributed by atoms with van der Waals surface area (Å²) < 4.78 is 41.2. The number of carbonyl (C=O) groups is 1. The monoisotopic (exact) mass is 510 g/mol. The van der Waals surface area contributed by atoms with E-state index in [0.717, 1.165) is 5.56 Å². The molecule has 0 fully saturated rings. The SMILES string of the molecule is Cc1noc(-c2ccc(CSCCS(=O)(=O)O)cc2)c1NC(=O)OC(C)c1ccccc1Cl. The van der Waals surface area contributed by atoms with Gasteiger partial charge in [-0.2, -0.15) is 20.2 Å². The van der Waals surface area contributed by atoms with Crippen LogP contribution < -0.4 is 5.32 Å². The van der Waals surface area contributed by atoms with Crippen molar-refractivity contribution in [3.63, 3.8) is 0 Å². The number of thioether (sulfide) groups is 1. The second-order valence-corrected chi connectivity index (χ2v) is 10.3. The molecular weight excluding hydrogens is 488 g/mol. The normalized spacial score (nSPS) is 12.4. The molecule has 33 heavy (non-hydrogen) atoms. The van der Waals surface area contributed by atoms with Crippen LogP contribution in [0.5, 0.6) is 0 Å². The summed E-state index contributed by atoms with van der Waals surface area (Å²) in [5.74, 6) is 0.987. The molecule has 0 aliphatic heterocycles. The fourth-order valence-electron chi connectivity index (χ4n) is 2.98. The van der Waals surface area contributed by atoms with E-state index in [0.29, 0.717) is 44.8 Å². The quantitative estimate of drug-likeness (QED) is 0.276. The molecule has 0 bridgehead atoms. The largest absolute Gasteiger partial charge is 0.441 e. The van der Waals surface area contributed by atoms with E-state index in [9.17, 15) is 13.2 Å². The summed E-state index contributed by atoms with van der Waals surface area (Å²) in [5.41, 5.74) is 3.27. The molecule has 176 valence electrons. The first-order valence-corrected chi connectivity index (χ1v) is 13.1. The Bertz CT molecular complexity index is 1210. The number of nitrogens with zero attached hydrogens (tertiary/aromatic N) is 1. The van der Waals surface area contributed by atoms with Gasteiger partial charge in [-0.25, -0.2) is 4.79 Å². The van der Waals surface area contributed by atoms with Crippen LogP contribution in [-0.2, 0) is 20.6 Å². The van der Waals surface area contributed by atoms with Crippen LogP contribution in [0.25, 0.3) is 11.3 Å². The van der Waals surface area contributed by atoms with Crippen LogP contribution in [0.4, 0.5) is 10.5 Å². The van der Waals surface area contributed by atoms with Crippen molar-refractivity contribution in [3.8, 4) is 11.3 Å². The van der Waals surface area contributed by atoms with Crippen LogP contribution in [0.3, 0.4) is 0 Å². The number of carbonyl (C=O) groups excluding carboxylic acids is 1. The molecule has 1 unspecified atom stereocenters. The Hall–Kier alpha value is -2.53. The number of halogens is 1. The number of rotatable bonds is 9. The number of amides is 1. The zero-order valence-corrected chi connectivity index (χ0v) is 20.3. The fourth-order valence-corrected chi connectivity index (χ4v) is 5.16. The number of benzene rings is 2. The minimum atomic E-state index is -3.95. The smallest absolute Gasteiger partial charge is 0.412 e. The highest BCUT2D eigenvalue weighted by Crippen LogP contribution is 2.32. The van der Waals surface area contributed by atoms with Crippen LogP contribution in [-0.4, -0.2) is 35.7 Å². The molecule has 0 aliphatic rings. The highest BCUT2D eigenvalue weighted by atomic mass is 35.5. The average molecular weight is 511 g/mol. The molecule has 3 rings (SSSR count). The third-order valence-corrected chi connectivity index (χ3v) is 7.04. The van der Waals surface area contributed by atoms with Crippen molar-refractivity contribution in [1.82, 2.24) is 5.16 Å². The van der Waals surface area contributed by atoms with Gasteiger partial charge in [-0.1, -0.05) is 59.2 Å². The van der Waals surface area contributed by atoms with Crippen LogP contribution >= 0.6 is 23.4 Å². The van der Waals surface area contributed by atoms with E-state index in [4.69, 9.17) is 25.4 Å². The van der Waals surface area contributed by atoms with Crippen molar-refractivity contribution >= 4 is 45.3 Å². The Morgan fingerprint density at radius 2 is 1.94 bits per heavy atom. The summed E-state index contributed by atoms with van der Waals surface area (Å²) in [6.07, 6.45) is -1.22. The molecule has 11 heteroatoms. The minimum Gasteiger partial charge on any atom is -0.441 e. The van der Waals surface area contributed by atoms with Crippen LogP contribution in [0.15, 0.2) is 53.1 Å². The summed E-state index contributed by atoms with van der Waals surface area (Å²) in [5, 5.41) is 7.17. The Labute approximate surface area is 201 Å². The van der Waals surface area contributed by atoms with E-state index in [-0.39, 0.29) is 5.75 Å². The Morgan fingerprint density at radius 1 is 1.24 bits per heavy atom. The number of hydrogen-bond donors (Lipinski definition) is 2. The standard InChI is InChI=1S/C22H23ClN2O6S2/c1-14-20(24-22(26)30-15(2)18-5-3-4-6-19(18)23)21(31-25-14)17-9-7-16(8-10-17)13-32-11-12-33(27,28)29/h3-10,15H,11-13H2,1-2H3,(H,24,26)(H,27,28,29). The van der Waals surface area contributed by atoms with Crippen LogP contribution in [0.2, 0.25) is 5.02 Å². The maximum absolute atomic E-state index is 12.5. The summed E-state index contributed by atoms with van der Waals surface area (Å²) in [4.78, 5) is 12.5. The lowest BCUT2D eigenvalue weighted by molar-refractivity contribution is 0.121. The molecule has 0 saturated heterocycles. The lowest BCUT2D eigenvalue weighted by Gasteiger charge is -2.15. The highest BCUT2D eigenvalue weighted by Gasteiger charge is 2.20. The fraction of sp³-hybridized carbons (Fsp3) is 0.273. The van der Waals surface area contributed by atoms with Crippen molar-refractivity contribution in [1.29, 1.82) is 0 Å². The van der Waals surface area contributed by atoms with Gasteiger partial charge >= 0.3 is 6.09 Å². The number of anilines is 1. The predicted molar refractivity (Wildman–Crippen MR) is 129 cm³/mol. The lowest BCUT2D eigenvalue weighted by atomic mass is 10.1. The van der Waals surface area contributed by atoms with Gasteiger partial charge in [0.05, 0.1) is 5.75 Å². The first kappa shape index (κ1) is 25.1. The first-order chi connectivity index (χ1) is 15.6. The maximum Gasteiger partial charge on any atom is 0.412 e. The van der Waals surface area contributed by atoms with Crippen LogP contribution in [0.1, 0.15) is 29.8 Å². The zero-order valence-electron chi connectivity index (χ0n) is 17.9. The topological polar surface area (TPSA) is 119 Å². The molecule has 1 atom stereocenters. The van der Waals surface area contributed by atoms with Crippen molar-refractivity contribution in [2.75, 3.05) is 16.8 Å². The van der Waals surface area contributed by atoms with Gasteiger partial charge < -0.3 is 9.26 Å². The van der Waals surface area contributed by atoms with E-state index in [1.54, 1.807) is 32.0 Å². The van der Waals surface area contributed by atoms with Gasteiger partial charge in [-0.3, -0.25) is 9.87 Å². The third kappa shape index (κ3) is 7.23. The lowest BCUT2D eigenvalue weighted by Crippen LogP contribution is -2.17. The summed E-state index contributed by atoms with van der Waals surface area (Å²) in [6.45, 7) is 3.44. The van der Waals surface area contributed by atoms with Gasteiger partial charge in [0.25, 0.3) is 10.1 Å². The number of ether oxygens (including phenoxy) is 1. The van der Waals surface area contributed by atoms with Gasteiger partial charge in [0, 0.05) is 27.7 Å². The van der Waals surface area contributed by atoms with Gasteiger partial charge in [0.1, 0.15) is 17.5 Å². The second-order valence-electron chi connectivity index (χ2n) is 7.20. The van der Waals surface area contributed by atoms with E-state index in [1.165, 1.54) is 11.8 Å². The number of nitrogens with one attached hydrogen (secondary N) is 1. The molecule has 0 aliphatic carbocycles. The number of aryl methyl sites for hydroxylation is 1. The Kier molecular flexibility index (Phi) is 8.41. The van der Waals surface area contributed by atoms with E-state index >= 15 is 0 Å². The number of hydrogen-bond acceptors (Lipinski definition) is 7. The molecule has 1 amide bonds. The zero-order chi connectivity index (χ0) is 24.0. The van der Waals surface area contributed by atoms with E-state index < -0.39 is 22.3 Å².